The zero-order chi connectivity index (χ0) is 22.3. The van der Waals surface area contributed by atoms with E-state index in [0.29, 0.717) is 31.1 Å². The number of aryl methyl sites for hydroxylation is 1. The number of hydrogen-bond acceptors (Lipinski definition) is 5. The van der Waals surface area contributed by atoms with Gasteiger partial charge in [-0.05, 0) is 56.8 Å². The molecule has 2 saturated carbocycles. The van der Waals surface area contributed by atoms with Crippen LogP contribution in [0.15, 0.2) is 5.38 Å². The molecule has 7 nitrogen and oxygen atoms in total. The Morgan fingerprint density at radius 1 is 1.16 bits per heavy atom. The summed E-state index contributed by atoms with van der Waals surface area (Å²) < 4.78 is 33.4. The number of thiazole rings is 1. The van der Waals surface area contributed by atoms with Crippen molar-refractivity contribution in [3.05, 3.63) is 16.1 Å². The molecule has 1 amide bonds. The largest absolute Gasteiger partial charge is 0.347 e. The van der Waals surface area contributed by atoms with E-state index in [1.807, 2.05) is 0 Å². The predicted octanol–water partition coefficient (Wildman–Crippen LogP) is 4.56. The van der Waals surface area contributed by atoms with Gasteiger partial charge >= 0.3 is 10.3 Å². The average Bonchev–Trinajstić information content (AvgIpc) is 3.22. The first-order valence-electron chi connectivity index (χ1n) is 11.8. The van der Waals surface area contributed by atoms with Crippen LogP contribution in [0.2, 0.25) is 0 Å². The first kappa shape index (κ1) is 24.6. The summed E-state index contributed by atoms with van der Waals surface area (Å²) in [6.45, 7) is 2.08. The van der Waals surface area contributed by atoms with Crippen LogP contribution in [0.4, 0.5) is 0 Å². The van der Waals surface area contributed by atoms with Crippen LogP contribution in [-0.2, 0) is 21.5 Å². The number of carbonyl (C=O) groups excluding carboxylic acids is 1. The molecule has 31 heavy (non-hydrogen) atoms. The van der Waals surface area contributed by atoms with Gasteiger partial charge in [0, 0.05) is 17.8 Å². The van der Waals surface area contributed by atoms with E-state index in [-0.39, 0.29) is 18.0 Å². The van der Waals surface area contributed by atoms with Crippen molar-refractivity contribution in [1.29, 1.82) is 0 Å². The first-order chi connectivity index (χ1) is 14.8. The topological polar surface area (TPSA) is 108 Å². The Bertz CT molecular complexity index is 797. The molecule has 0 aliphatic heterocycles. The van der Waals surface area contributed by atoms with Gasteiger partial charge in [0.1, 0.15) is 5.01 Å². The Morgan fingerprint density at radius 2 is 1.87 bits per heavy atom. The van der Waals surface area contributed by atoms with Gasteiger partial charge in [-0.15, -0.1) is 11.3 Å². The van der Waals surface area contributed by atoms with Crippen molar-refractivity contribution in [2.24, 2.45) is 11.8 Å². The summed E-state index contributed by atoms with van der Waals surface area (Å²) in [6, 6.07) is -0.290. The summed E-state index contributed by atoms with van der Waals surface area (Å²) in [6.07, 6.45) is 12.8. The lowest BCUT2D eigenvalue weighted by atomic mass is 9.82. The Kier molecular flexibility index (Phi) is 9.31. The number of nitrogens with one attached hydrogen (secondary N) is 2. The van der Waals surface area contributed by atoms with Crippen molar-refractivity contribution < 1.29 is 17.8 Å². The van der Waals surface area contributed by atoms with Crippen molar-refractivity contribution in [2.45, 2.75) is 102 Å². The highest BCUT2D eigenvalue weighted by Gasteiger charge is 2.28. The van der Waals surface area contributed by atoms with Crippen molar-refractivity contribution in [2.75, 3.05) is 0 Å². The maximum absolute atomic E-state index is 12.8. The summed E-state index contributed by atoms with van der Waals surface area (Å²) >= 11 is 1.62. The molecule has 3 rings (SSSR count). The monoisotopic (exact) mass is 471 g/mol. The fourth-order valence-corrected chi connectivity index (χ4v) is 6.63. The van der Waals surface area contributed by atoms with Crippen molar-refractivity contribution >= 4 is 27.5 Å². The molecule has 0 spiro atoms. The summed E-state index contributed by atoms with van der Waals surface area (Å²) in [4.78, 5) is 17.5. The third kappa shape index (κ3) is 8.44. The molecule has 1 unspecified atom stereocenters. The first-order valence-corrected chi connectivity index (χ1v) is 14.1. The molecule has 2 aliphatic carbocycles. The van der Waals surface area contributed by atoms with Gasteiger partial charge in [0.25, 0.3) is 0 Å². The van der Waals surface area contributed by atoms with Gasteiger partial charge in [-0.1, -0.05) is 39.0 Å². The van der Waals surface area contributed by atoms with Gasteiger partial charge in [-0.2, -0.15) is 13.1 Å². The van der Waals surface area contributed by atoms with E-state index in [1.165, 1.54) is 32.1 Å². The molecule has 2 aliphatic rings. The van der Waals surface area contributed by atoms with E-state index in [2.05, 4.69) is 22.3 Å². The Hall–Kier alpha value is -1.03. The highest BCUT2D eigenvalue weighted by atomic mass is 32.2. The highest BCUT2D eigenvalue weighted by Crippen LogP contribution is 2.34. The molecule has 9 heteroatoms. The van der Waals surface area contributed by atoms with Gasteiger partial charge in [0.2, 0.25) is 5.91 Å². The molecular formula is C22H37N3O4S2. The molecule has 0 aromatic carbocycles. The smallest absolute Gasteiger partial charge is 0.333 e. The van der Waals surface area contributed by atoms with Crippen LogP contribution in [-0.4, -0.2) is 29.9 Å². The van der Waals surface area contributed by atoms with E-state index in [9.17, 15) is 13.2 Å². The normalized spacial score (nSPS) is 24.1. The lowest BCUT2D eigenvalue weighted by Gasteiger charge is -2.30. The van der Waals surface area contributed by atoms with Crippen molar-refractivity contribution in [1.82, 2.24) is 15.0 Å². The number of nitrogens with zero attached hydrogens (tertiary/aromatic N) is 1. The van der Waals surface area contributed by atoms with Crippen LogP contribution in [0.1, 0.15) is 101 Å². The zero-order valence-electron chi connectivity index (χ0n) is 18.5. The summed E-state index contributed by atoms with van der Waals surface area (Å²) in [5.41, 5.74) is 1.06. The molecule has 176 valence electrons. The minimum atomic E-state index is -4.15. The lowest BCUT2D eigenvalue weighted by Crippen LogP contribution is -2.38. The van der Waals surface area contributed by atoms with E-state index in [1.54, 1.807) is 11.3 Å². The quantitative estimate of drug-likeness (QED) is 0.433. The minimum Gasteiger partial charge on any atom is -0.347 e. The SMILES string of the molecule is CCc1csc(C(CC2CCC(NS(=O)(=O)O)CC2)NC(=O)CCC2CCCCC2)n1. The summed E-state index contributed by atoms with van der Waals surface area (Å²) in [5, 5.41) is 6.31. The number of hydrogen-bond donors (Lipinski definition) is 3. The number of aromatic nitrogens is 1. The lowest BCUT2D eigenvalue weighted by molar-refractivity contribution is -0.122. The summed E-state index contributed by atoms with van der Waals surface area (Å²) in [7, 11) is -4.15. The van der Waals surface area contributed by atoms with Gasteiger partial charge in [-0.25, -0.2) is 4.98 Å². The molecule has 0 radical (unpaired) electrons. The predicted molar refractivity (Wildman–Crippen MR) is 123 cm³/mol. The van der Waals surface area contributed by atoms with Crippen molar-refractivity contribution in [3.63, 3.8) is 0 Å². The minimum absolute atomic E-state index is 0.0831. The van der Waals surface area contributed by atoms with Crippen LogP contribution < -0.4 is 10.0 Å². The van der Waals surface area contributed by atoms with E-state index in [0.717, 1.165) is 42.8 Å². The van der Waals surface area contributed by atoms with Crippen LogP contribution in [0, 0.1) is 11.8 Å². The number of carbonyl (C=O) groups is 1. The van der Waals surface area contributed by atoms with Gasteiger partial charge in [0.15, 0.2) is 0 Å². The van der Waals surface area contributed by atoms with Gasteiger partial charge in [-0.3, -0.25) is 9.35 Å². The molecule has 3 N–H and O–H groups in total. The van der Waals surface area contributed by atoms with E-state index < -0.39 is 10.3 Å². The second-order valence-corrected chi connectivity index (χ2v) is 11.3. The molecule has 1 aromatic rings. The fraction of sp³-hybridized carbons (Fsp3) is 0.818. The fourth-order valence-electron chi connectivity index (χ4n) is 5.00. The molecule has 2 fully saturated rings. The van der Waals surface area contributed by atoms with E-state index >= 15 is 0 Å². The van der Waals surface area contributed by atoms with E-state index in [4.69, 9.17) is 9.54 Å². The Morgan fingerprint density at radius 3 is 2.48 bits per heavy atom. The zero-order valence-corrected chi connectivity index (χ0v) is 20.1. The molecule has 1 aromatic heterocycles. The highest BCUT2D eigenvalue weighted by molar-refractivity contribution is 7.83. The van der Waals surface area contributed by atoms with Crippen LogP contribution >= 0.6 is 11.3 Å². The maximum Gasteiger partial charge on any atom is 0.333 e. The Balaban J connectivity index is 1.54. The number of amides is 1. The maximum atomic E-state index is 12.8. The molecule has 1 heterocycles. The van der Waals surface area contributed by atoms with Crippen LogP contribution in [0.3, 0.4) is 0 Å². The van der Waals surface area contributed by atoms with Crippen LogP contribution in [0.5, 0.6) is 0 Å². The summed E-state index contributed by atoms with van der Waals surface area (Å²) in [5.74, 6) is 1.21. The van der Waals surface area contributed by atoms with Crippen molar-refractivity contribution in [3.8, 4) is 0 Å². The van der Waals surface area contributed by atoms with Crippen LogP contribution in [0.25, 0.3) is 0 Å². The third-order valence-corrected chi connectivity index (χ3v) is 8.44. The molecule has 1 atom stereocenters. The molecule has 0 bridgehead atoms. The molecular weight excluding hydrogens is 434 g/mol. The number of rotatable bonds is 10. The average molecular weight is 472 g/mol. The standard InChI is InChI=1S/C22H37N3O4S2/c1-2-18-15-30-22(23-18)20(24-21(26)13-10-16-6-4-3-5-7-16)14-17-8-11-19(12-9-17)25-31(27,28)29/h15-17,19-20,25H,2-14H2,1H3,(H,24,26)(H,27,28,29). The second kappa shape index (κ2) is 11.7. The van der Waals surface area contributed by atoms with Gasteiger partial charge < -0.3 is 5.32 Å². The second-order valence-electron chi connectivity index (χ2n) is 9.24. The Labute approximate surface area is 190 Å². The molecule has 0 saturated heterocycles. The third-order valence-electron chi connectivity index (χ3n) is 6.80. The van der Waals surface area contributed by atoms with Gasteiger partial charge in [0.05, 0.1) is 11.7 Å².